The van der Waals surface area contributed by atoms with E-state index < -0.39 is 0 Å². The summed E-state index contributed by atoms with van der Waals surface area (Å²) in [7, 11) is 0. The van der Waals surface area contributed by atoms with Crippen molar-refractivity contribution in [3.8, 4) is 0 Å². The first-order valence-corrected chi connectivity index (χ1v) is 5.42. The lowest BCUT2D eigenvalue weighted by atomic mass is 10.0. The Morgan fingerprint density at radius 1 is 1.06 bits per heavy atom. The highest BCUT2D eigenvalue weighted by Gasteiger charge is 2.15. The Morgan fingerprint density at radius 3 is 2.69 bits per heavy atom. The normalized spacial score (nSPS) is 29.2. The van der Waals surface area contributed by atoms with E-state index in [1.165, 1.54) is 0 Å². The van der Waals surface area contributed by atoms with E-state index in [1.807, 2.05) is 30.4 Å². The lowest BCUT2D eigenvalue weighted by Crippen LogP contribution is -2.22. The maximum Gasteiger partial charge on any atom is 0.115 e. The molecular weight excluding hydrogens is 200 g/mol. The van der Waals surface area contributed by atoms with Gasteiger partial charge in [0.2, 0.25) is 0 Å². The van der Waals surface area contributed by atoms with Gasteiger partial charge in [0.05, 0.1) is 17.4 Å². The van der Waals surface area contributed by atoms with Crippen molar-refractivity contribution >= 4 is 0 Å². The van der Waals surface area contributed by atoms with Crippen LogP contribution in [0.5, 0.6) is 0 Å². The molecule has 0 fully saturated rings. The van der Waals surface area contributed by atoms with Gasteiger partial charge in [-0.2, -0.15) is 10.2 Å². The van der Waals surface area contributed by atoms with Gasteiger partial charge in [-0.25, -0.2) is 0 Å². The van der Waals surface area contributed by atoms with Gasteiger partial charge < -0.3 is 11.5 Å². The molecule has 0 bridgehead atoms. The van der Waals surface area contributed by atoms with Crippen LogP contribution in [0.15, 0.2) is 58.1 Å². The molecule has 84 valence electrons. The number of hydrogen-bond donors (Lipinski definition) is 2. The number of nitrogens with two attached hydrogens (primary N) is 2. The van der Waals surface area contributed by atoms with Crippen molar-refractivity contribution < 1.29 is 0 Å². The average molecular weight is 216 g/mol. The summed E-state index contributed by atoms with van der Waals surface area (Å²) in [5, 5.41) is 8.54. The highest BCUT2D eigenvalue weighted by molar-refractivity contribution is 5.29. The predicted molar refractivity (Wildman–Crippen MR) is 64.5 cm³/mol. The first kappa shape index (κ1) is 10.7. The Hall–Kier alpha value is -1.84. The smallest absolute Gasteiger partial charge is 0.115 e. The van der Waals surface area contributed by atoms with Gasteiger partial charge in [0.25, 0.3) is 0 Å². The summed E-state index contributed by atoms with van der Waals surface area (Å²) in [6.45, 7) is 0. The molecule has 0 aromatic heterocycles. The Bertz CT molecular complexity index is 401. The molecule has 4 N–H and O–H groups in total. The van der Waals surface area contributed by atoms with Crippen LogP contribution in [-0.4, -0.2) is 12.1 Å². The minimum atomic E-state index is -0.0932. The first-order valence-electron chi connectivity index (χ1n) is 5.42. The van der Waals surface area contributed by atoms with Gasteiger partial charge in [0.15, 0.2) is 0 Å². The van der Waals surface area contributed by atoms with E-state index in [0.717, 1.165) is 12.8 Å². The van der Waals surface area contributed by atoms with Crippen molar-refractivity contribution in [3.63, 3.8) is 0 Å². The van der Waals surface area contributed by atoms with Crippen LogP contribution < -0.4 is 11.5 Å². The van der Waals surface area contributed by atoms with Crippen molar-refractivity contribution in [1.29, 1.82) is 0 Å². The van der Waals surface area contributed by atoms with Crippen LogP contribution in [0.1, 0.15) is 12.8 Å². The number of allylic oxidation sites excluding steroid dienone is 3. The van der Waals surface area contributed by atoms with Gasteiger partial charge >= 0.3 is 0 Å². The fourth-order valence-electron chi connectivity index (χ4n) is 1.67. The van der Waals surface area contributed by atoms with E-state index in [1.54, 1.807) is 0 Å². The molecule has 2 aliphatic carbocycles. The van der Waals surface area contributed by atoms with E-state index in [2.05, 4.69) is 16.3 Å². The highest BCUT2D eigenvalue weighted by Crippen LogP contribution is 2.17. The van der Waals surface area contributed by atoms with E-state index in [4.69, 9.17) is 11.5 Å². The molecule has 0 saturated heterocycles. The summed E-state index contributed by atoms with van der Waals surface area (Å²) in [5.41, 5.74) is 12.8. The lowest BCUT2D eigenvalue weighted by Gasteiger charge is -2.16. The van der Waals surface area contributed by atoms with Gasteiger partial charge in [-0.1, -0.05) is 30.4 Å². The van der Waals surface area contributed by atoms with Gasteiger partial charge in [-0.05, 0) is 18.9 Å². The van der Waals surface area contributed by atoms with Crippen LogP contribution in [0.4, 0.5) is 0 Å². The fourth-order valence-corrected chi connectivity index (χ4v) is 1.67. The summed E-state index contributed by atoms with van der Waals surface area (Å²) in [6.07, 6.45) is 13.6. The Balaban J connectivity index is 2.00. The van der Waals surface area contributed by atoms with Gasteiger partial charge in [-0.3, -0.25) is 0 Å². The third-order valence-corrected chi connectivity index (χ3v) is 2.66. The van der Waals surface area contributed by atoms with Crippen molar-refractivity contribution in [2.75, 3.05) is 0 Å². The third-order valence-electron chi connectivity index (χ3n) is 2.66. The van der Waals surface area contributed by atoms with Crippen LogP contribution >= 0.6 is 0 Å². The molecule has 2 unspecified atom stereocenters. The SMILES string of the molecule is NC1=C(N)C(N=NC2C=CC=CC2)CC=C1. The molecule has 0 aromatic carbocycles. The van der Waals surface area contributed by atoms with Crippen LogP contribution in [0.25, 0.3) is 0 Å². The van der Waals surface area contributed by atoms with Crippen LogP contribution in [-0.2, 0) is 0 Å². The van der Waals surface area contributed by atoms with E-state index in [-0.39, 0.29) is 12.1 Å². The molecule has 16 heavy (non-hydrogen) atoms. The summed E-state index contributed by atoms with van der Waals surface area (Å²) in [6, 6.07) is 0.0502. The Labute approximate surface area is 95.1 Å². The molecule has 0 aromatic rings. The maximum atomic E-state index is 5.86. The molecular formula is C12H16N4. The number of nitrogens with zero attached hydrogens (tertiary/aromatic N) is 2. The van der Waals surface area contributed by atoms with Crippen LogP contribution in [0.3, 0.4) is 0 Å². The standard InChI is InChI=1S/C12H16N4/c13-10-7-4-8-11(12(10)14)16-15-9-5-2-1-3-6-9/h1-5,7,9,11H,6,8,13-14H2. The minimum Gasteiger partial charge on any atom is -0.399 e. The number of azo groups is 1. The van der Waals surface area contributed by atoms with Crippen molar-refractivity contribution in [1.82, 2.24) is 0 Å². The minimum absolute atomic E-state index is 0.0932. The number of rotatable bonds is 2. The fraction of sp³-hybridized carbons (Fsp3) is 0.333. The van der Waals surface area contributed by atoms with Crippen molar-refractivity contribution in [3.05, 3.63) is 47.9 Å². The summed E-state index contributed by atoms with van der Waals surface area (Å²) >= 11 is 0. The van der Waals surface area contributed by atoms with E-state index >= 15 is 0 Å². The second-order valence-corrected chi connectivity index (χ2v) is 3.91. The van der Waals surface area contributed by atoms with Crippen LogP contribution in [0.2, 0.25) is 0 Å². The van der Waals surface area contributed by atoms with Gasteiger partial charge in [0, 0.05) is 0 Å². The molecule has 0 radical (unpaired) electrons. The first-order chi connectivity index (χ1) is 7.77. The largest absolute Gasteiger partial charge is 0.399 e. The summed E-state index contributed by atoms with van der Waals surface area (Å²) < 4.78 is 0. The zero-order valence-electron chi connectivity index (χ0n) is 9.08. The lowest BCUT2D eigenvalue weighted by molar-refractivity contribution is 0.652. The second kappa shape index (κ2) is 4.79. The molecule has 0 heterocycles. The Morgan fingerprint density at radius 2 is 1.94 bits per heavy atom. The molecule has 2 aliphatic rings. The predicted octanol–water partition coefficient (Wildman–Crippen LogP) is 1.78. The monoisotopic (exact) mass is 216 g/mol. The molecule has 4 nitrogen and oxygen atoms in total. The molecule has 0 saturated carbocycles. The van der Waals surface area contributed by atoms with Crippen molar-refractivity contribution in [2.24, 2.45) is 21.7 Å². The average Bonchev–Trinajstić information content (AvgIpc) is 2.32. The summed E-state index contributed by atoms with van der Waals surface area (Å²) in [5.74, 6) is 0. The van der Waals surface area contributed by atoms with E-state index in [0.29, 0.717) is 11.4 Å². The molecule has 4 heteroatoms. The zero-order chi connectivity index (χ0) is 11.4. The zero-order valence-corrected chi connectivity index (χ0v) is 9.08. The molecule has 0 amide bonds. The second-order valence-electron chi connectivity index (χ2n) is 3.91. The van der Waals surface area contributed by atoms with Crippen LogP contribution in [0, 0.1) is 0 Å². The molecule has 2 rings (SSSR count). The summed E-state index contributed by atoms with van der Waals surface area (Å²) in [4.78, 5) is 0. The molecule has 0 spiro atoms. The molecule has 2 atom stereocenters. The van der Waals surface area contributed by atoms with Crippen molar-refractivity contribution in [2.45, 2.75) is 24.9 Å². The maximum absolute atomic E-state index is 5.86. The van der Waals surface area contributed by atoms with Gasteiger partial charge in [0.1, 0.15) is 6.04 Å². The topological polar surface area (TPSA) is 76.8 Å². The van der Waals surface area contributed by atoms with E-state index in [9.17, 15) is 0 Å². The third kappa shape index (κ3) is 2.39. The number of hydrogen-bond acceptors (Lipinski definition) is 4. The highest BCUT2D eigenvalue weighted by atomic mass is 15.1. The molecule has 0 aliphatic heterocycles. The van der Waals surface area contributed by atoms with Gasteiger partial charge in [-0.15, -0.1) is 0 Å². The Kier molecular flexibility index (Phi) is 3.19. The quantitative estimate of drug-likeness (QED) is 0.690.